The third-order valence-corrected chi connectivity index (χ3v) is 3.01. The van der Waals surface area contributed by atoms with Gasteiger partial charge in [0.25, 0.3) is 5.56 Å². The molecule has 0 N–H and O–H groups in total. The third-order valence-electron chi connectivity index (χ3n) is 3.01. The molecule has 0 aliphatic carbocycles. The minimum atomic E-state index is -0.0510. The fourth-order valence-corrected chi connectivity index (χ4v) is 2.17. The summed E-state index contributed by atoms with van der Waals surface area (Å²) in [6, 6.07) is 15.1. The summed E-state index contributed by atoms with van der Waals surface area (Å²) in [5.41, 5.74) is 1.83. The molecule has 2 aromatic heterocycles. The SMILES string of the molecule is Cc1cc(=O)n(-c2ccccn2)c2ccccc12. The second kappa shape index (κ2) is 4.11. The smallest absolute Gasteiger partial charge is 0.257 e. The minimum absolute atomic E-state index is 0.0510. The maximum Gasteiger partial charge on any atom is 0.257 e. The van der Waals surface area contributed by atoms with Crippen LogP contribution in [0.4, 0.5) is 0 Å². The summed E-state index contributed by atoms with van der Waals surface area (Å²) in [5.74, 6) is 0.652. The molecule has 0 spiro atoms. The van der Waals surface area contributed by atoms with E-state index in [9.17, 15) is 4.79 Å². The summed E-state index contributed by atoms with van der Waals surface area (Å²) in [5, 5.41) is 1.07. The molecule has 0 atom stereocenters. The van der Waals surface area contributed by atoms with Crippen molar-refractivity contribution in [2.45, 2.75) is 6.92 Å². The van der Waals surface area contributed by atoms with E-state index in [-0.39, 0.29) is 5.56 Å². The van der Waals surface area contributed by atoms with Crippen molar-refractivity contribution in [3.63, 3.8) is 0 Å². The molecule has 0 bridgehead atoms. The van der Waals surface area contributed by atoms with E-state index in [0.29, 0.717) is 5.82 Å². The summed E-state index contributed by atoms with van der Waals surface area (Å²) in [6.07, 6.45) is 1.69. The lowest BCUT2D eigenvalue weighted by Gasteiger charge is -2.10. The van der Waals surface area contributed by atoms with Gasteiger partial charge in [0.15, 0.2) is 0 Å². The molecule has 18 heavy (non-hydrogen) atoms. The average molecular weight is 236 g/mol. The van der Waals surface area contributed by atoms with Crippen molar-refractivity contribution in [2.24, 2.45) is 0 Å². The van der Waals surface area contributed by atoms with Gasteiger partial charge < -0.3 is 0 Å². The van der Waals surface area contributed by atoms with Crippen molar-refractivity contribution >= 4 is 10.9 Å². The van der Waals surface area contributed by atoms with E-state index in [1.165, 1.54) is 0 Å². The first-order chi connectivity index (χ1) is 8.77. The zero-order chi connectivity index (χ0) is 12.5. The van der Waals surface area contributed by atoms with Crippen LogP contribution in [0.1, 0.15) is 5.56 Å². The normalized spacial score (nSPS) is 10.7. The van der Waals surface area contributed by atoms with Gasteiger partial charge in [0.2, 0.25) is 0 Å². The van der Waals surface area contributed by atoms with Crippen molar-refractivity contribution in [1.29, 1.82) is 0 Å². The van der Waals surface area contributed by atoms with Crippen molar-refractivity contribution < 1.29 is 0 Å². The molecule has 0 radical (unpaired) electrons. The van der Waals surface area contributed by atoms with Gasteiger partial charge in [-0.3, -0.25) is 9.36 Å². The van der Waals surface area contributed by atoms with Gasteiger partial charge in [0.05, 0.1) is 5.52 Å². The van der Waals surface area contributed by atoms with Crippen molar-refractivity contribution in [3.05, 3.63) is 70.6 Å². The molecule has 0 unspecified atom stereocenters. The van der Waals surface area contributed by atoms with Crippen LogP contribution in [-0.2, 0) is 0 Å². The Hall–Kier alpha value is -2.42. The summed E-state index contributed by atoms with van der Waals surface area (Å²) < 4.78 is 1.64. The quantitative estimate of drug-likeness (QED) is 0.651. The number of aromatic nitrogens is 2. The minimum Gasteiger partial charge on any atom is -0.269 e. The Labute approximate surface area is 104 Å². The second-order valence-corrected chi connectivity index (χ2v) is 4.21. The van der Waals surface area contributed by atoms with Crippen molar-refractivity contribution in [2.75, 3.05) is 0 Å². The van der Waals surface area contributed by atoms with Crippen LogP contribution >= 0.6 is 0 Å². The number of benzene rings is 1. The maximum absolute atomic E-state index is 12.2. The van der Waals surface area contributed by atoms with Crippen molar-refractivity contribution in [3.8, 4) is 5.82 Å². The summed E-state index contributed by atoms with van der Waals surface area (Å²) in [7, 11) is 0. The molecule has 0 saturated carbocycles. The van der Waals surface area contributed by atoms with Crippen molar-refractivity contribution in [1.82, 2.24) is 9.55 Å². The molecule has 0 fully saturated rings. The first kappa shape index (κ1) is 10.7. The molecule has 0 saturated heterocycles. The number of hydrogen-bond acceptors (Lipinski definition) is 2. The molecule has 88 valence electrons. The van der Waals surface area contributed by atoms with E-state index in [2.05, 4.69) is 4.98 Å². The molecule has 3 heteroatoms. The highest BCUT2D eigenvalue weighted by Crippen LogP contribution is 2.18. The molecular weight excluding hydrogens is 224 g/mol. The number of fused-ring (bicyclic) bond motifs is 1. The van der Waals surface area contributed by atoms with Crippen LogP contribution in [0.15, 0.2) is 59.5 Å². The highest BCUT2D eigenvalue weighted by atomic mass is 16.1. The number of para-hydroxylation sites is 1. The largest absolute Gasteiger partial charge is 0.269 e. The number of pyridine rings is 2. The van der Waals surface area contributed by atoms with E-state index in [4.69, 9.17) is 0 Å². The molecule has 0 aliphatic rings. The van der Waals surface area contributed by atoms with Crippen LogP contribution < -0.4 is 5.56 Å². The highest BCUT2D eigenvalue weighted by Gasteiger charge is 2.07. The van der Waals surface area contributed by atoms with E-state index >= 15 is 0 Å². The second-order valence-electron chi connectivity index (χ2n) is 4.21. The third kappa shape index (κ3) is 1.61. The van der Waals surface area contributed by atoms with Crippen LogP contribution in [-0.4, -0.2) is 9.55 Å². The lowest BCUT2D eigenvalue weighted by Crippen LogP contribution is -2.19. The van der Waals surface area contributed by atoms with Crippen LogP contribution in [0.25, 0.3) is 16.7 Å². The molecular formula is C15H12N2O. The van der Waals surface area contributed by atoms with Gasteiger partial charge in [-0.25, -0.2) is 4.98 Å². The zero-order valence-electron chi connectivity index (χ0n) is 10.00. The Morgan fingerprint density at radius 3 is 2.61 bits per heavy atom. The monoisotopic (exact) mass is 236 g/mol. The molecule has 3 rings (SSSR count). The molecule has 3 nitrogen and oxygen atoms in total. The van der Waals surface area contributed by atoms with Crippen LogP contribution in [0.5, 0.6) is 0 Å². The van der Waals surface area contributed by atoms with Gasteiger partial charge in [0, 0.05) is 17.6 Å². The molecule has 1 aromatic carbocycles. The Kier molecular flexibility index (Phi) is 2.45. The number of rotatable bonds is 1. The number of aryl methyl sites for hydroxylation is 1. The molecule has 3 aromatic rings. The van der Waals surface area contributed by atoms with Gasteiger partial charge in [-0.05, 0) is 30.7 Å². The fourth-order valence-electron chi connectivity index (χ4n) is 2.17. The Morgan fingerprint density at radius 2 is 1.83 bits per heavy atom. The van der Waals surface area contributed by atoms with Gasteiger partial charge in [-0.1, -0.05) is 24.3 Å². The number of nitrogens with zero attached hydrogens (tertiary/aromatic N) is 2. The van der Waals surface area contributed by atoms with E-state index in [1.807, 2.05) is 49.4 Å². The fraction of sp³-hybridized carbons (Fsp3) is 0.0667. The maximum atomic E-state index is 12.2. The summed E-state index contributed by atoms with van der Waals surface area (Å²) >= 11 is 0. The van der Waals surface area contributed by atoms with Crippen LogP contribution in [0, 0.1) is 6.92 Å². The topological polar surface area (TPSA) is 34.9 Å². The first-order valence-corrected chi connectivity index (χ1v) is 5.80. The average Bonchev–Trinajstić information content (AvgIpc) is 2.40. The Morgan fingerprint density at radius 1 is 1.06 bits per heavy atom. The summed E-state index contributed by atoms with van der Waals surface area (Å²) in [4.78, 5) is 16.4. The predicted molar refractivity (Wildman–Crippen MR) is 72.1 cm³/mol. The Bertz CT molecular complexity index is 760. The Balaban J connectivity index is 2.46. The highest BCUT2D eigenvalue weighted by molar-refractivity contribution is 5.83. The van der Waals surface area contributed by atoms with Crippen LogP contribution in [0.3, 0.4) is 0 Å². The molecule has 0 amide bonds. The standard InChI is InChI=1S/C15H12N2O/c1-11-10-15(18)17(14-8-4-5-9-16-14)13-7-3-2-6-12(11)13/h2-10H,1H3. The van der Waals surface area contributed by atoms with Gasteiger partial charge >= 0.3 is 0 Å². The van der Waals surface area contributed by atoms with Gasteiger partial charge in [-0.2, -0.15) is 0 Å². The van der Waals surface area contributed by atoms with Gasteiger partial charge in [-0.15, -0.1) is 0 Å². The molecule has 2 heterocycles. The van der Waals surface area contributed by atoms with Gasteiger partial charge in [0.1, 0.15) is 5.82 Å². The number of hydrogen-bond donors (Lipinski definition) is 0. The van der Waals surface area contributed by atoms with E-state index in [0.717, 1.165) is 16.5 Å². The zero-order valence-corrected chi connectivity index (χ0v) is 10.00. The van der Waals surface area contributed by atoms with E-state index < -0.39 is 0 Å². The first-order valence-electron chi connectivity index (χ1n) is 5.80. The molecule has 0 aliphatic heterocycles. The lowest BCUT2D eigenvalue weighted by atomic mass is 10.1. The lowest BCUT2D eigenvalue weighted by molar-refractivity contribution is 0.980. The van der Waals surface area contributed by atoms with Crippen LogP contribution in [0.2, 0.25) is 0 Å². The summed E-state index contributed by atoms with van der Waals surface area (Å²) in [6.45, 7) is 1.95. The van der Waals surface area contributed by atoms with E-state index in [1.54, 1.807) is 16.8 Å². The predicted octanol–water partition coefficient (Wildman–Crippen LogP) is 2.69.